The largest absolute Gasteiger partial charge is 0.339 e. The van der Waals surface area contributed by atoms with E-state index in [-0.39, 0.29) is 21.9 Å². The summed E-state index contributed by atoms with van der Waals surface area (Å²) in [6.07, 6.45) is 4.07. The molecule has 1 aromatic carbocycles. The van der Waals surface area contributed by atoms with Crippen LogP contribution >= 0.6 is 11.3 Å². The Kier molecular flexibility index (Phi) is 6.97. The van der Waals surface area contributed by atoms with Crippen molar-refractivity contribution in [1.82, 2.24) is 9.21 Å². The van der Waals surface area contributed by atoms with Crippen molar-refractivity contribution in [2.24, 2.45) is 5.92 Å². The average molecular weight is 476 g/mol. The number of nitrogens with zero attached hydrogens (tertiary/aromatic N) is 2. The molecule has 0 radical (unpaired) electrons. The van der Waals surface area contributed by atoms with Gasteiger partial charge in [-0.3, -0.25) is 9.59 Å². The number of hydrogen-bond donors (Lipinski definition) is 1. The summed E-state index contributed by atoms with van der Waals surface area (Å²) >= 11 is 1.10. The third-order valence-corrected chi connectivity index (χ3v) is 9.60. The van der Waals surface area contributed by atoms with Crippen molar-refractivity contribution in [3.8, 4) is 0 Å². The molecular formula is C23H29N3O4S2. The van der Waals surface area contributed by atoms with E-state index in [9.17, 15) is 18.0 Å². The summed E-state index contributed by atoms with van der Waals surface area (Å²) in [6, 6.07) is 9.12. The van der Waals surface area contributed by atoms with Crippen LogP contribution < -0.4 is 5.32 Å². The lowest BCUT2D eigenvalue weighted by atomic mass is 9.97. The first-order valence-corrected chi connectivity index (χ1v) is 13.4. The number of thiophene rings is 1. The molecule has 2 amide bonds. The average Bonchev–Trinajstić information content (AvgIpc) is 3.32. The molecular weight excluding hydrogens is 446 g/mol. The van der Waals surface area contributed by atoms with Gasteiger partial charge in [-0.25, -0.2) is 8.42 Å². The van der Waals surface area contributed by atoms with Crippen LogP contribution in [0.4, 0.5) is 5.69 Å². The Morgan fingerprint density at radius 3 is 2.41 bits per heavy atom. The Bertz CT molecular complexity index is 1080. The Hall–Kier alpha value is -2.23. The third kappa shape index (κ3) is 4.89. The van der Waals surface area contributed by atoms with Gasteiger partial charge in [0.25, 0.3) is 15.9 Å². The first-order valence-electron chi connectivity index (χ1n) is 11.1. The van der Waals surface area contributed by atoms with Gasteiger partial charge in [0.05, 0.1) is 5.56 Å². The Morgan fingerprint density at radius 1 is 1.03 bits per heavy atom. The van der Waals surface area contributed by atoms with Gasteiger partial charge in [-0.15, -0.1) is 11.3 Å². The van der Waals surface area contributed by atoms with Crippen molar-refractivity contribution >= 4 is 38.9 Å². The summed E-state index contributed by atoms with van der Waals surface area (Å²) in [4.78, 5) is 27.1. The molecule has 0 aliphatic carbocycles. The van der Waals surface area contributed by atoms with Crippen LogP contribution in [0, 0.1) is 12.8 Å². The molecule has 0 unspecified atom stereocenters. The molecule has 0 saturated carbocycles. The normalized spacial score (nSPS) is 18.5. The number of aryl methyl sites for hydroxylation is 1. The number of nitrogens with one attached hydrogen (secondary N) is 1. The zero-order valence-corrected chi connectivity index (χ0v) is 19.9. The Balaban J connectivity index is 1.37. The number of amides is 2. The molecule has 0 spiro atoms. The fraction of sp³-hybridized carbons (Fsp3) is 0.478. The molecule has 32 heavy (non-hydrogen) atoms. The summed E-state index contributed by atoms with van der Waals surface area (Å²) in [5.41, 5.74) is 2.23. The summed E-state index contributed by atoms with van der Waals surface area (Å²) < 4.78 is 27.9. The number of sulfonamides is 1. The molecule has 0 bridgehead atoms. The number of benzene rings is 1. The van der Waals surface area contributed by atoms with E-state index in [4.69, 9.17) is 0 Å². The van der Waals surface area contributed by atoms with Crippen LogP contribution in [0.2, 0.25) is 0 Å². The Morgan fingerprint density at radius 2 is 1.72 bits per heavy atom. The standard InChI is InChI=1S/C23H29N3O4S2/c1-17-7-3-4-8-20(17)24-22(27)18-9-13-26(14-10-18)32(29,30)21-15-19(16-31-21)23(28)25-11-5-2-6-12-25/h3-4,7-8,15-16,18H,2,5-6,9-14H2,1H3,(H,24,27). The van der Waals surface area contributed by atoms with E-state index in [1.165, 1.54) is 10.4 Å². The minimum atomic E-state index is -3.67. The monoisotopic (exact) mass is 475 g/mol. The smallest absolute Gasteiger partial charge is 0.254 e. The highest BCUT2D eigenvalue weighted by Gasteiger charge is 2.33. The van der Waals surface area contributed by atoms with Crippen LogP contribution in [-0.4, -0.2) is 55.6 Å². The van der Waals surface area contributed by atoms with Crippen molar-refractivity contribution in [2.75, 3.05) is 31.5 Å². The molecule has 2 saturated heterocycles. The number of para-hydroxylation sites is 1. The molecule has 3 heterocycles. The lowest BCUT2D eigenvalue weighted by molar-refractivity contribution is -0.120. The number of piperidine rings is 2. The molecule has 9 heteroatoms. The summed E-state index contributed by atoms with van der Waals surface area (Å²) in [5.74, 6) is -0.378. The second-order valence-corrected chi connectivity index (χ2v) is 11.6. The maximum Gasteiger partial charge on any atom is 0.254 e. The van der Waals surface area contributed by atoms with Crippen molar-refractivity contribution < 1.29 is 18.0 Å². The molecule has 1 aromatic heterocycles. The lowest BCUT2D eigenvalue weighted by Crippen LogP contribution is -2.41. The molecule has 4 rings (SSSR count). The van der Waals surface area contributed by atoms with Gasteiger partial charge in [-0.2, -0.15) is 4.31 Å². The maximum absolute atomic E-state index is 13.1. The number of anilines is 1. The second-order valence-electron chi connectivity index (χ2n) is 8.49. The van der Waals surface area contributed by atoms with Crippen LogP contribution in [-0.2, 0) is 14.8 Å². The first-order chi connectivity index (χ1) is 15.4. The molecule has 2 aliphatic heterocycles. The first kappa shape index (κ1) is 22.9. The van der Waals surface area contributed by atoms with Gasteiger partial charge < -0.3 is 10.2 Å². The molecule has 1 N–H and O–H groups in total. The van der Waals surface area contributed by atoms with Crippen LogP contribution in [0.25, 0.3) is 0 Å². The van der Waals surface area contributed by atoms with Crippen LogP contribution in [0.5, 0.6) is 0 Å². The fourth-order valence-corrected chi connectivity index (χ4v) is 7.05. The van der Waals surface area contributed by atoms with E-state index < -0.39 is 10.0 Å². The summed E-state index contributed by atoms with van der Waals surface area (Å²) in [7, 11) is -3.67. The molecule has 2 fully saturated rings. The summed E-state index contributed by atoms with van der Waals surface area (Å²) in [6.45, 7) is 3.99. The third-order valence-electron chi connectivity index (χ3n) is 6.29. The predicted octanol–water partition coefficient (Wildman–Crippen LogP) is 3.72. The van der Waals surface area contributed by atoms with E-state index in [1.807, 2.05) is 31.2 Å². The second kappa shape index (κ2) is 9.72. The maximum atomic E-state index is 13.1. The zero-order valence-electron chi connectivity index (χ0n) is 18.2. The number of likely N-dealkylation sites (tertiary alicyclic amines) is 1. The fourth-order valence-electron chi connectivity index (χ4n) is 4.28. The van der Waals surface area contributed by atoms with Gasteiger partial charge >= 0.3 is 0 Å². The quantitative estimate of drug-likeness (QED) is 0.714. The van der Waals surface area contributed by atoms with Crippen LogP contribution in [0.1, 0.15) is 48.0 Å². The molecule has 172 valence electrons. The highest BCUT2D eigenvalue weighted by molar-refractivity contribution is 7.91. The van der Waals surface area contributed by atoms with Gasteiger partial charge in [0.15, 0.2) is 0 Å². The Labute approximate surface area is 193 Å². The minimum Gasteiger partial charge on any atom is -0.339 e. The van der Waals surface area contributed by atoms with Crippen LogP contribution in [0.3, 0.4) is 0 Å². The number of rotatable bonds is 5. The molecule has 0 atom stereocenters. The van der Waals surface area contributed by atoms with E-state index >= 15 is 0 Å². The van der Waals surface area contributed by atoms with Gasteiger partial charge in [-0.05, 0) is 56.7 Å². The highest BCUT2D eigenvalue weighted by Crippen LogP contribution is 2.29. The highest BCUT2D eigenvalue weighted by atomic mass is 32.2. The van der Waals surface area contributed by atoms with Gasteiger partial charge in [0.2, 0.25) is 5.91 Å². The van der Waals surface area contributed by atoms with Crippen molar-refractivity contribution in [2.45, 2.75) is 43.2 Å². The number of hydrogen-bond acceptors (Lipinski definition) is 5. The molecule has 7 nitrogen and oxygen atoms in total. The minimum absolute atomic E-state index is 0.0677. The topological polar surface area (TPSA) is 86.8 Å². The number of carbonyl (C=O) groups is 2. The lowest BCUT2D eigenvalue weighted by Gasteiger charge is -2.30. The van der Waals surface area contributed by atoms with Gasteiger partial charge in [0, 0.05) is 43.2 Å². The van der Waals surface area contributed by atoms with Gasteiger partial charge in [-0.1, -0.05) is 18.2 Å². The number of carbonyl (C=O) groups excluding carboxylic acids is 2. The van der Waals surface area contributed by atoms with Crippen molar-refractivity contribution in [3.05, 3.63) is 46.8 Å². The van der Waals surface area contributed by atoms with E-state index in [0.717, 1.165) is 54.9 Å². The van der Waals surface area contributed by atoms with E-state index in [0.29, 0.717) is 31.5 Å². The van der Waals surface area contributed by atoms with Crippen LogP contribution in [0.15, 0.2) is 39.9 Å². The predicted molar refractivity (Wildman–Crippen MR) is 125 cm³/mol. The van der Waals surface area contributed by atoms with Crippen molar-refractivity contribution in [1.29, 1.82) is 0 Å². The summed E-state index contributed by atoms with van der Waals surface area (Å²) in [5, 5.41) is 4.61. The molecule has 2 aliphatic rings. The van der Waals surface area contributed by atoms with E-state index in [2.05, 4.69) is 5.32 Å². The van der Waals surface area contributed by atoms with E-state index in [1.54, 1.807) is 10.3 Å². The van der Waals surface area contributed by atoms with Crippen molar-refractivity contribution in [3.63, 3.8) is 0 Å². The molecule has 2 aromatic rings. The SMILES string of the molecule is Cc1ccccc1NC(=O)C1CCN(S(=O)(=O)c2cc(C(=O)N3CCCCC3)cs2)CC1. The zero-order chi connectivity index (χ0) is 22.7. The van der Waals surface area contributed by atoms with Gasteiger partial charge in [0.1, 0.15) is 4.21 Å².